The van der Waals surface area contributed by atoms with Crippen molar-refractivity contribution in [3.63, 3.8) is 0 Å². The lowest BCUT2D eigenvalue weighted by molar-refractivity contribution is -0.138. The predicted octanol–water partition coefficient (Wildman–Crippen LogP) is 2.29. The summed E-state index contributed by atoms with van der Waals surface area (Å²) in [5, 5.41) is 11.9. The van der Waals surface area contributed by atoms with Gasteiger partial charge < -0.3 is 15.3 Å². The molecule has 152 valence electrons. The second-order valence-corrected chi connectivity index (χ2v) is 8.07. The number of carboxylic acids is 1. The molecule has 0 spiro atoms. The van der Waals surface area contributed by atoms with E-state index in [0.717, 1.165) is 25.7 Å². The molecular weight excluding hydrogens is 358 g/mol. The first-order valence-electron chi connectivity index (χ1n) is 9.97. The number of carbonyl (C=O) groups is 3. The zero-order valence-electron chi connectivity index (χ0n) is 16.6. The van der Waals surface area contributed by atoms with Gasteiger partial charge in [-0.3, -0.25) is 19.3 Å². The highest BCUT2D eigenvalue weighted by Crippen LogP contribution is 2.38. The lowest BCUT2D eigenvalue weighted by atomic mass is 10.1. The van der Waals surface area contributed by atoms with Gasteiger partial charge in [0.25, 0.3) is 5.91 Å². The van der Waals surface area contributed by atoms with Crippen LogP contribution in [0.5, 0.6) is 0 Å². The summed E-state index contributed by atoms with van der Waals surface area (Å²) in [6.07, 6.45) is 3.45. The summed E-state index contributed by atoms with van der Waals surface area (Å²) in [6, 6.07) is 7.25. The number of anilines is 1. The molecule has 3 rings (SSSR count). The van der Waals surface area contributed by atoms with Gasteiger partial charge in [-0.2, -0.15) is 0 Å². The van der Waals surface area contributed by atoms with E-state index in [1.54, 1.807) is 24.3 Å². The van der Waals surface area contributed by atoms with Crippen LogP contribution in [-0.4, -0.2) is 65.4 Å². The molecule has 1 aromatic rings. The van der Waals surface area contributed by atoms with Crippen LogP contribution in [0, 0.1) is 11.8 Å². The molecule has 3 atom stereocenters. The molecule has 0 bridgehead atoms. The van der Waals surface area contributed by atoms with Crippen molar-refractivity contribution in [2.45, 2.75) is 38.6 Å². The zero-order chi connectivity index (χ0) is 20.3. The molecule has 3 unspecified atom stereocenters. The topological polar surface area (TPSA) is 90.0 Å². The number of nitrogens with zero attached hydrogens (tertiary/aromatic N) is 2. The molecule has 1 aliphatic heterocycles. The van der Waals surface area contributed by atoms with E-state index in [0.29, 0.717) is 30.3 Å². The summed E-state index contributed by atoms with van der Waals surface area (Å²) in [4.78, 5) is 39.5. The van der Waals surface area contributed by atoms with Crippen molar-refractivity contribution < 1.29 is 19.5 Å². The Morgan fingerprint density at radius 2 is 1.86 bits per heavy atom. The number of amides is 2. The standard InChI is InChI=1S/C21H29N3O4/c1-14-12-18(14)20(27)22-16-7-5-15(6-8-16)21(28)24-10-3-4-17(9-11-24)23(2)13-19(25)26/h5-8,14,17-18H,3-4,9-13H2,1-2H3,(H,22,27)(H,25,26). The van der Waals surface area contributed by atoms with Gasteiger partial charge in [-0.1, -0.05) is 6.92 Å². The summed E-state index contributed by atoms with van der Waals surface area (Å²) in [6.45, 7) is 3.38. The van der Waals surface area contributed by atoms with Crippen LogP contribution >= 0.6 is 0 Å². The van der Waals surface area contributed by atoms with Crippen LogP contribution in [0.1, 0.15) is 43.0 Å². The molecule has 1 saturated carbocycles. The van der Waals surface area contributed by atoms with E-state index in [-0.39, 0.29) is 30.3 Å². The third-order valence-corrected chi connectivity index (χ3v) is 5.84. The van der Waals surface area contributed by atoms with E-state index in [1.165, 1.54) is 0 Å². The third-order valence-electron chi connectivity index (χ3n) is 5.84. The molecule has 28 heavy (non-hydrogen) atoms. The van der Waals surface area contributed by atoms with Gasteiger partial charge >= 0.3 is 5.97 Å². The number of likely N-dealkylation sites (N-methyl/N-ethyl adjacent to an activating group) is 1. The minimum atomic E-state index is -0.831. The fourth-order valence-electron chi connectivity index (χ4n) is 3.87. The van der Waals surface area contributed by atoms with E-state index < -0.39 is 5.97 Å². The van der Waals surface area contributed by atoms with E-state index in [2.05, 4.69) is 12.2 Å². The molecule has 1 aliphatic carbocycles. The van der Waals surface area contributed by atoms with Crippen molar-refractivity contribution in [2.75, 3.05) is 32.0 Å². The van der Waals surface area contributed by atoms with Crippen LogP contribution < -0.4 is 5.32 Å². The second-order valence-electron chi connectivity index (χ2n) is 8.07. The molecule has 2 fully saturated rings. The van der Waals surface area contributed by atoms with E-state index >= 15 is 0 Å². The minimum Gasteiger partial charge on any atom is -0.480 e. The number of hydrogen-bond acceptors (Lipinski definition) is 4. The number of benzene rings is 1. The van der Waals surface area contributed by atoms with Gasteiger partial charge in [-0.05, 0) is 62.9 Å². The molecule has 2 N–H and O–H groups in total. The second kappa shape index (κ2) is 8.73. The average molecular weight is 387 g/mol. The quantitative estimate of drug-likeness (QED) is 0.782. The van der Waals surface area contributed by atoms with Crippen LogP contribution in [0.4, 0.5) is 5.69 Å². The molecular formula is C21H29N3O4. The van der Waals surface area contributed by atoms with Gasteiger partial charge in [-0.15, -0.1) is 0 Å². The first-order chi connectivity index (χ1) is 13.3. The molecule has 1 heterocycles. The number of hydrogen-bond donors (Lipinski definition) is 2. The highest BCUT2D eigenvalue weighted by Gasteiger charge is 2.39. The fourth-order valence-corrected chi connectivity index (χ4v) is 3.87. The van der Waals surface area contributed by atoms with Crippen LogP contribution in [-0.2, 0) is 9.59 Å². The summed E-state index contributed by atoms with van der Waals surface area (Å²) < 4.78 is 0. The van der Waals surface area contributed by atoms with Gasteiger partial charge in [0, 0.05) is 36.3 Å². The fraction of sp³-hybridized carbons (Fsp3) is 0.571. The first-order valence-corrected chi connectivity index (χ1v) is 9.97. The normalized spacial score (nSPS) is 24.5. The smallest absolute Gasteiger partial charge is 0.317 e. The van der Waals surface area contributed by atoms with Crippen molar-refractivity contribution in [3.8, 4) is 0 Å². The lowest BCUT2D eigenvalue weighted by Gasteiger charge is -2.25. The Labute approximate surface area is 165 Å². The van der Waals surface area contributed by atoms with E-state index in [1.807, 2.05) is 16.8 Å². The van der Waals surface area contributed by atoms with Crippen molar-refractivity contribution in [1.82, 2.24) is 9.80 Å². The summed E-state index contributed by atoms with van der Waals surface area (Å²) in [5.41, 5.74) is 1.32. The molecule has 7 heteroatoms. The maximum Gasteiger partial charge on any atom is 0.317 e. The Balaban J connectivity index is 1.54. The maximum atomic E-state index is 12.8. The van der Waals surface area contributed by atoms with E-state index in [4.69, 9.17) is 5.11 Å². The Morgan fingerprint density at radius 1 is 1.18 bits per heavy atom. The Hall–Kier alpha value is -2.41. The van der Waals surface area contributed by atoms with E-state index in [9.17, 15) is 14.4 Å². The molecule has 1 saturated heterocycles. The highest BCUT2D eigenvalue weighted by atomic mass is 16.4. The number of rotatable bonds is 6. The molecule has 1 aromatic carbocycles. The average Bonchev–Trinajstić information content (AvgIpc) is 3.42. The molecule has 0 aromatic heterocycles. The SMILES string of the molecule is CC1CC1C(=O)Nc1ccc(C(=O)N2CCCC(N(C)CC(=O)O)CC2)cc1. The van der Waals surface area contributed by atoms with Crippen molar-refractivity contribution in [2.24, 2.45) is 11.8 Å². The molecule has 0 radical (unpaired) electrons. The number of carboxylic acid groups (broad SMARTS) is 1. The predicted molar refractivity (Wildman–Crippen MR) is 106 cm³/mol. The third kappa shape index (κ3) is 5.10. The Morgan fingerprint density at radius 3 is 2.46 bits per heavy atom. The lowest BCUT2D eigenvalue weighted by Crippen LogP contribution is -2.37. The number of carbonyl (C=O) groups excluding carboxylic acids is 2. The Kier molecular flexibility index (Phi) is 6.34. The van der Waals surface area contributed by atoms with Crippen LogP contribution in [0.15, 0.2) is 24.3 Å². The monoisotopic (exact) mass is 387 g/mol. The zero-order valence-corrected chi connectivity index (χ0v) is 16.6. The summed E-state index contributed by atoms with van der Waals surface area (Å²) >= 11 is 0. The minimum absolute atomic E-state index is 0.0183. The number of likely N-dealkylation sites (tertiary alicyclic amines) is 1. The van der Waals surface area contributed by atoms with Crippen LogP contribution in [0.3, 0.4) is 0 Å². The van der Waals surface area contributed by atoms with Crippen molar-refractivity contribution >= 4 is 23.5 Å². The molecule has 2 aliphatic rings. The largest absolute Gasteiger partial charge is 0.480 e. The van der Waals surface area contributed by atoms with Crippen molar-refractivity contribution in [1.29, 1.82) is 0 Å². The maximum absolute atomic E-state index is 12.8. The first kappa shape index (κ1) is 20.3. The van der Waals surface area contributed by atoms with Crippen LogP contribution in [0.25, 0.3) is 0 Å². The van der Waals surface area contributed by atoms with Crippen LogP contribution in [0.2, 0.25) is 0 Å². The number of aliphatic carboxylic acids is 1. The molecule has 7 nitrogen and oxygen atoms in total. The van der Waals surface area contributed by atoms with Gasteiger partial charge in [-0.25, -0.2) is 0 Å². The Bertz CT molecular complexity index is 734. The number of nitrogens with one attached hydrogen (secondary N) is 1. The van der Waals surface area contributed by atoms with Gasteiger partial charge in [0.15, 0.2) is 0 Å². The van der Waals surface area contributed by atoms with Crippen molar-refractivity contribution in [3.05, 3.63) is 29.8 Å². The summed E-state index contributed by atoms with van der Waals surface area (Å²) in [7, 11) is 1.83. The highest BCUT2D eigenvalue weighted by molar-refractivity contribution is 5.97. The van der Waals surface area contributed by atoms with Gasteiger partial charge in [0.2, 0.25) is 5.91 Å². The van der Waals surface area contributed by atoms with Gasteiger partial charge in [0.1, 0.15) is 0 Å². The molecule has 2 amide bonds. The summed E-state index contributed by atoms with van der Waals surface area (Å²) in [5.74, 6) is -0.221. The van der Waals surface area contributed by atoms with Gasteiger partial charge in [0.05, 0.1) is 6.54 Å².